The zero-order chi connectivity index (χ0) is 13.8. The van der Waals surface area contributed by atoms with E-state index in [2.05, 4.69) is 19.1 Å². The van der Waals surface area contributed by atoms with Crippen LogP contribution in [0.5, 0.6) is 0 Å². The van der Waals surface area contributed by atoms with Gasteiger partial charge in [0, 0.05) is 6.61 Å². The zero-order valence-electron chi connectivity index (χ0n) is 10.5. The second-order valence-electron chi connectivity index (χ2n) is 5.17. The first-order chi connectivity index (χ1) is 8.30. The summed E-state index contributed by atoms with van der Waals surface area (Å²) in [6, 6.07) is 0. The Morgan fingerprint density at radius 2 is 2.11 bits per heavy atom. The highest BCUT2D eigenvalue weighted by molar-refractivity contribution is 7.80. The Balaban J connectivity index is 2.33. The number of thiocarbonyl (C=S) groups is 1. The molecular formula is C12H20F3NOS. The summed E-state index contributed by atoms with van der Waals surface area (Å²) < 4.78 is 42.8. The molecule has 0 aromatic heterocycles. The number of nitrogens with two attached hydrogens (primary N) is 1. The quantitative estimate of drug-likeness (QED) is 0.786. The standard InChI is InChI=1S/C12H20F3NOS/c1-8-3-2-4-9(5-8)6-17-7-10(11(16)18)12(13,14)15/h8-10H,2-7H2,1H3,(H2,16,18). The van der Waals surface area contributed by atoms with Crippen molar-refractivity contribution in [3.8, 4) is 0 Å². The maximum absolute atomic E-state index is 12.6. The largest absolute Gasteiger partial charge is 0.400 e. The van der Waals surface area contributed by atoms with E-state index in [1.807, 2.05) is 0 Å². The van der Waals surface area contributed by atoms with Gasteiger partial charge in [0.1, 0.15) is 5.92 Å². The number of hydrogen-bond donors (Lipinski definition) is 1. The third-order valence-corrected chi connectivity index (χ3v) is 3.71. The van der Waals surface area contributed by atoms with Crippen LogP contribution in [-0.4, -0.2) is 24.4 Å². The Labute approximate surface area is 111 Å². The first-order valence-electron chi connectivity index (χ1n) is 6.24. The van der Waals surface area contributed by atoms with E-state index in [9.17, 15) is 13.2 Å². The van der Waals surface area contributed by atoms with Crippen molar-refractivity contribution in [1.82, 2.24) is 0 Å². The van der Waals surface area contributed by atoms with Gasteiger partial charge in [-0.15, -0.1) is 0 Å². The lowest BCUT2D eigenvalue weighted by molar-refractivity contribution is -0.168. The molecule has 0 aliphatic heterocycles. The lowest BCUT2D eigenvalue weighted by Crippen LogP contribution is -2.38. The molecule has 0 aromatic carbocycles. The predicted octanol–water partition coefficient (Wildman–Crippen LogP) is 3.29. The fourth-order valence-electron chi connectivity index (χ4n) is 2.40. The van der Waals surface area contributed by atoms with E-state index in [1.54, 1.807) is 0 Å². The molecule has 1 saturated carbocycles. The average molecular weight is 283 g/mol. The van der Waals surface area contributed by atoms with Crippen molar-refractivity contribution in [1.29, 1.82) is 0 Å². The summed E-state index contributed by atoms with van der Waals surface area (Å²) in [5, 5.41) is 0. The monoisotopic (exact) mass is 283 g/mol. The van der Waals surface area contributed by atoms with Crippen LogP contribution in [0.2, 0.25) is 0 Å². The smallest absolute Gasteiger partial charge is 0.393 e. The van der Waals surface area contributed by atoms with Crippen molar-refractivity contribution in [3.63, 3.8) is 0 Å². The van der Waals surface area contributed by atoms with Crippen LogP contribution in [0.3, 0.4) is 0 Å². The summed E-state index contributed by atoms with van der Waals surface area (Å²) in [5.41, 5.74) is 5.10. The summed E-state index contributed by atoms with van der Waals surface area (Å²) >= 11 is 4.43. The number of ether oxygens (including phenoxy) is 1. The molecule has 2 N–H and O–H groups in total. The van der Waals surface area contributed by atoms with E-state index < -0.39 is 23.7 Å². The number of rotatable bonds is 5. The minimum atomic E-state index is -4.41. The van der Waals surface area contributed by atoms with Crippen LogP contribution in [-0.2, 0) is 4.74 Å². The molecule has 1 fully saturated rings. The number of alkyl halides is 3. The van der Waals surface area contributed by atoms with Gasteiger partial charge in [-0.3, -0.25) is 0 Å². The van der Waals surface area contributed by atoms with E-state index in [4.69, 9.17) is 10.5 Å². The van der Waals surface area contributed by atoms with Gasteiger partial charge in [-0.1, -0.05) is 32.0 Å². The van der Waals surface area contributed by atoms with Gasteiger partial charge in [-0.25, -0.2) is 0 Å². The maximum Gasteiger partial charge on any atom is 0.400 e. The van der Waals surface area contributed by atoms with Gasteiger partial charge in [0.15, 0.2) is 0 Å². The van der Waals surface area contributed by atoms with Crippen LogP contribution in [0.4, 0.5) is 13.2 Å². The van der Waals surface area contributed by atoms with Crippen LogP contribution >= 0.6 is 12.2 Å². The zero-order valence-corrected chi connectivity index (χ0v) is 11.3. The van der Waals surface area contributed by atoms with Gasteiger partial charge in [-0.2, -0.15) is 13.2 Å². The van der Waals surface area contributed by atoms with Gasteiger partial charge in [0.25, 0.3) is 0 Å². The summed E-state index contributed by atoms with van der Waals surface area (Å²) in [6.07, 6.45) is -0.00863. The van der Waals surface area contributed by atoms with Crippen molar-refractivity contribution in [2.45, 2.75) is 38.8 Å². The van der Waals surface area contributed by atoms with Gasteiger partial charge < -0.3 is 10.5 Å². The maximum atomic E-state index is 12.6. The molecule has 0 aromatic rings. The summed E-state index contributed by atoms with van der Waals surface area (Å²) in [7, 11) is 0. The molecule has 0 saturated heterocycles. The Morgan fingerprint density at radius 1 is 1.44 bits per heavy atom. The van der Waals surface area contributed by atoms with Gasteiger partial charge in [0.2, 0.25) is 0 Å². The molecule has 1 rings (SSSR count). The van der Waals surface area contributed by atoms with Gasteiger partial charge >= 0.3 is 6.18 Å². The lowest BCUT2D eigenvalue weighted by Gasteiger charge is -2.27. The Hall–Kier alpha value is -0.360. The lowest BCUT2D eigenvalue weighted by atomic mass is 9.83. The fourth-order valence-corrected chi connectivity index (χ4v) is 2.60. The molecular weight excluding hydrogens is 263 g/mol. The molecule has 3 atom stereocenters. The second-order valence-corrected chi connectivity index (χ2v) is 5.64. The van der Waals surface area contributed by atoms with Crippen molar-refractivity contribution >= 4 is 17.2 Å². The van der Waals surface area contributed by atoms with Gasteiger partial charge in [0.05, 0.1) is 11.6 Å². The Bertz CT molecular complexity index is 283. The molecule has 18 heavy (non-hydrogen) atoms. The Kier molecular flexibility index (Phi) is 5.85. The highest BCUT2D eigenvalue weighted by Crippen LogP contribution is 2.30. The van der Waals surface area contributed by atoms with E-state index >= 15 is 0 Å². The number of hydrogen-bond acceptors (Lipinski definition) is 2. The minimum absolute atomic E-state index is 0.369. The molecule has 1 aliphatic carbocycles. The topological polar surface area (TPSA) is 35.2 Å². The van der Waals surface area contributed by atoms with E-state index in [-0.39, 0.29) is 0 Å². The molecule has 0 spiro atoms. The van der Waals surface area contributed by atoms with Crippen LogP contribution in [0.15, 0.2) is 0 Å². The molecule has 0 amide bonds. The third-order valence-electron chi connectivity index (χ3n) is 3.42. The highest BCUT2D eigenvalue weighted by atomic mass is 32.1. The molecule has 3 unspecified atom stereocenters. The second kappa shape index (κ2) is 6.70. The molecule has 0 heterocycles. The van der Waals surface area contributed by atoms with Gasteiger partial charge in [-0.05, 0) is 24.7 Å². The van der Waals surface area contributed by atoms with Crippen molar-refractivity contribution < 1.29 is 17.9 Å². The molecule has 106 valence electrons. The highest BCUT2D eigenvalue weighted by Gasteiger charge is 2.41. The van der Waals surface area contributed by atoms with Crippen LogP contribution < -0.4 is 5.73 Å². The Morgan fingerprint density at radius 3 is 2.61 bits per heavy atom. The molecule has 6 heteroatoms. The van der Waals surface area contributed by atoms with E-state index in [0.717, 1.165) is 19.3 Å². The normalized spacial score (nSPS) is 26.9. The summed E-state index contributed by atoms with van der Waals surface area (Å²) in [6.45, 7) is 2.09. The predicted molar refractivity (Wildman–Crippen MR) is 68.3 cm³/mol. The van der Waals surface area contributed by atoms with E-state index in [0.29, 0.717) is 18.4 Å². The van der Waals surface area contributed by atoms with Crippen molar-refractivity contribution in [2.75, 3.05) is 13.2 Å². The van der Waals surface area contributed by atoms with Crippen LogP contribution in [0.25, 0.3) is 0 Å². The first kappa shape index (κ1) is 15.7. The fraction of sp³-hybridized carbons (Fsp3) is 0.917. The average Bonchev–Trinajstić information content (AvgIpc) is 2.22. The SMILES string of the molecule is CC1CCCC(COCC(C(N)=S)C(F)(F)F)C1. The van der Waals surface area contributed by atoms with Crippen molar-refractivity contribution in [2.24, 2.45) is 23.5 Å². The summed E-state index contributed by atoms with van der Waals surface area (Å²) in [5.74, 6) is -0.816. The van der Waals surface area contributed by atoms with Crippen molar-refractivity contribution in [3.05, 3.63) is 0 Å². The molecule has 0 bridgehead atoms. The number of halogens is 3. The third kappa shape index (κ3) is 5.10. The van der Waals surface area contributed by atoms with Crippen LogP contribution in [0, 0.1) is 17.8 Å². The summed E-state index contributed by atoms with van der Waals surface area (Å²) in [4.78, 5) is -0.542. The molecule has 0 radical (unpaired) electrons. The molecule has 1 aliphatic rings. The minimum Gasteiger partial charge on any atom is -0.393 e. The molecule has 2 nitrogen and oxygen atoms in total. The van der Waals surface area contributed by atoms with Crippen LogP contribution in [0.1, 0.15) is 32.6 Å². The first-order valence-corrected chi connectivity index (χ1v) is 6.65. The van der Waals surface area contributed by atoms with E-state index in [1.165, 1.54) is 6.42 Å².